The normalized spacial score (nSPS) is 17.1. The van der Waals surface area contributed by atoms with E-state index < -0.39 is 5.60 Å². The van der Waals surface area contributed by atoms with Gasteiger partial charge in [-0.2, -0.15) is 12.6 Å². The predicted octanol–water partition coefficient (Wildman–Crippen LogP) is 4.63. The summed E-state index contributed by atoms with van der Waals surface area (Å²) < 4.78 is 18.7. The van der Waals surface area contributed by atoms with Crippen LogP contribution >= 0.6 is 12.6 Å². The summed E-state index contributed by atoms with van der Waals surface area (Å²) in [7, 11) is 0. The zero-order valence-corrected chi connectivity index (χ0v) is 14.1. The number of amides is 1. The molecule has 0 spiro atoms. The molecule has 1 aromatic carbocycles. The van der Waals surface area contributed by atoms with E-state index in [1.165, 1.54) is 12.1 Å². The molecule has 0 aliphatic carbocycles. The van der Waals surface area contributed by atoms with Gasteiger partial charge in [0, 0.05) is 18.0 Å². The molecule has 3 nitrogen and oxygen atoms in total. The Morgan fingerprint density at radius 1 is 1.45 bits per heavy atom. The van der Waals surface area contributed by atoms with E-state index >= 15 is 0 Å². The fraction of sp³-hybridized carbons (Fsp3) is 0.471. The van der Waals surface area contributed by atoms with Gasteiger partial charge in [0.15, 0.2) is 0 Å². The molecule has 1 amide bonds. The summed E-state index contributed by atoms with van der Waals surface area (Å²) >= 11 is 4.24. The largest absolute Gasteiger partial charge is 0.443 e. The average Bonchev–Trinajstić information content (AvgIpc) is 2.87. The number of carbonyl (C=O) groups is 1. The minimum absolute atomic E-state index is 0.276. The summed E-state index contributed by atoms with van der Waals surface area (Å²) in [4.78, 5) is 13.9. The van der Waals surface area contributed by atoms with E-state index in [1.807, 2.05) is 26.8 Å². The van der Waals surface area contributed by atoms with Crippen LogP contribution in [0.25, 0.3) is 6.08 Å². The van der Waals surface area contributed by atoms with Crippen LogP contribution in [-0.2, 0) is 10.5 Å². The highest BCUT2D eigenvalue weighted by molar-refractivity contribution is 7.79. The molecular formula is C17H22FNO2S. The molecule has 0 atom stereocenters. The quantitative estimate of drug-likeness (QED) is 0.804. The van der Waals surface area contributed by atoms with Gasteiger partial charge in [0.2, 0.25) is 0 Å². The van der Waals surface area contributed by atoms with Crippen molar-refractivity contribution in [1.29, 1.82) is 0 Å². The van der Waals surface area contributed by atoms with Gasteiger partial charge in [0.25, 0.3) is 0 Å². The Morgan fingerprint density at radius 3 is 2.82 bits per heavy atom. The molecule has 1 heterocycles. The number of likely N-dealkylation sites (tertiary alicyclic amines) is 1. The molecule has 2 rings (SSSR count). The molecule has 0 radical (unpaired) electrons. The molecule has 120 valence electrons. The van der Waals surface area contributed by atoms with Crippen LogP contribution < -0.4 is 0 Å². The lowest BCUT2D eigenvalue weighted by Gasteiger charge is -2.25. The van der Waals surface area contributed by atoms with Crippen LogP contribution in [-0.4, -0.2) is 23.1 Å². The number of rotatable bonds is 2. The average molecular weight is 323 g/mol. The number of allylic oxidation sites excluding steroid dienone is 1. The maximum Gasteiger partial charge on any atom is 0.414 e. The second-order valence-electron chi connectivity index (χ2n) is 6.37. The lowest BCUT2D eigenvalue weighted by Crippen LogP contribution is -2.34. The third-order valence-corrected chi connectivity index (χ3v) is 3.71. The van der Waals surface area contributed by atoms with Crippen molar-refractivity contribution in [3.63, 3.8) is 0 Å². The van der Waals surface area contributed by atoms with Crippen molar-refractivity contribution < 1.29 is 13.9 Å². The molecular weight excluding hydrogens is 301 g/mol. The first-order valence-electron chi connectivity index (χ1n) is 7.40. The Bertz CT molecular complexity index is 593. The van der Waals surface area contributed by atoms with Gasteiger partial charge in [-0.05, 0) is 62.9 Å². The number of hydrogen-bond donors (Lipinski definition) is 1. The van der Waals surface area contributed by atoms with Crippen LogP contribution in [0.3, 0.4) is 0 Å². The number of hydrogen-bond acceptors (Lipinski definition) is 3. The summed E-state index contributed by atoms with van der Waals surface area (Å²) in [5, 5.41) is 0. The third kappa shape index (κ3) is 4.26. The summed E-state index contributed by atoms with van der Waals surface area (Å²) in [6.07, 6.45) is 3.32. The lowest BCUT2D eigenvalue weighted by molar-refractivity contribution is 0.0340. The molecule has 0 N–H and O–H groups in total. The molecule has 1 aliphatic heterocycles. The van der Waals surface area contributed by atoms with Crippen LogP contribution in [0.5, 0.6) is 0 Å². The summed E-state index contributed by atoms with van der Waals surface area (Å²) in [6, 6.07) is 4.62. The van der Waals surface area contributed by atoms with E-state index in [0.717, 1.165) is 29.7 Å². The van der Waals surface area contributed by atoms with Crippen LogP contribution in [0.4, 0.5) is 9.18 Å². The second kappa shape index (κ2) is 6.73. The van der Waals surface area contributed by atoms with Crippen LogP contribution in [0.2, 0.25) is 0 Å². The fourth-order valence-electron chi connectivity index (χ4n) is 2.40. The first kappa shape index (κ1) is 16.9. The Morgan fingerprint density at radius 2 is 2.18 bits per heavy atom. The molecule has 0 saturated carbocycles. The minimum Gasteiger partial charge on any atom is -0.443 e. The highest BCUT2D eigenvalue weighted by atomic mass is 32.1. The molecule has 1 fully saturated rings. The van der Waals surface area contributed by atoms with Gasteiger partial charge >= 0.3 is 6.09 Å². The number of halogens is 1. The molecule has 5 heteroatoms. The highest BCUT2D eigenvalue weighted by Gasteiger charge is 2.28. The minimum atomic E-state index is -0.517. The standard InChI is InChI=1S/C17H22FNO2S/c1-17(2,3)21-16(20)19-8-4-5-15(19)10-12-6-7-14(18)9-13(12)11-22/h6-7,9-10,22H,4-5,8,11H2,1-3H3/b15-10+. The fourth-order valence-corrected chi connectivity index (χ4v) is 2.68. The topological polar surface area (TPSA) is 29.5 Å². The van der Waals surface area contributed by atoms with Crippen molar-refractivity contribution in [1.82, 2.24) is 4.90 Å². The van der Waals surface area contributed by atoms with Crippen LogP contribution in [0.15, 0.2) is 23.9 Å². The number of carbonyl (C=O) groups excluding carboxylic acids is 1. The lowest BCUT2D eigenvalue weighted by atomic mass is 10.1. The Hall–Kier alpha value is -1.49. The van der Waals surface area contributed by atoms with Gasteiger partial charge in [0.1, 0.15) is 11.4 Å². The molecule has 1 aliphatic rings. The Balaban J connectivity index is 2.25. The zero-order chi connectivity index (χ0) is 16.3. The second-order valence-corrected chi connectivity index (χ2v) is 6.69. The van der Waals surface area contributed by atoms with E-state index in [1.54, 1.807) is 11.0 Å². The zero-order valence-electron chi connectivity index (χ0n) is 13.2. The predicted molar refractivity (Wildman–Crippen MR) is 89.2 cm³/mol. The van der Waals surface area contributed by atoms with Crippen molar-refractivity contribution in [3.05, 3.63) is 40.8 Å². The first-order valence-corrected chi connectivity index (χ1v) is 8.04. The SMILES string of the molecule is CC(C)(C)OC(=O)N1CCC/C1=C\c1ccc(F)cc1CS. The summed E-state index contributed by atoms with van der Waals surface area (Å²) in [5.41, 5.74) is 2.09. The van der Waals surface area contributed by atoms with Gasteiger partial charge in [-0.3, -0.25) is 4.90 Å². The first-order chi connectivity index (χ1) is 10.3. The Labute approximate surface area is 136 Å². The maximum atomic E-state index is 13.3. The number of nitrogens with zero attached hydrogens (tertiary/aromatic N) is 1. The molecule has 0 aromatic heterocycles. The number of benzene rings is 1. The smallest absolute Gasteiger partial charge is 0.414 e. The molecule has 0 unspecified atom stereocenters. The van der Waals surface area contributed by atoms with Gasteiger partial charge in [-0.1, -0.05) is 6.07 Å². The third-order valence-electron chi connectivity index (χ3n) is 3.37. The van der Waals surface area contributed by atoms with Gasteiger partial charge < -0.3 is 4.74 Å². The highest BCUT2D eigenvalue weighted by Crippen LogP contribution is 2.27. The van der Waals surface area contributed by atoms with Crippen LogP contribution in [0, 0.1) is 5.82 Å². The van der Waals surface area contributed by atoms with E-state index in [2.05, 4.69) is 12.6 Å². The van der Waals surface area contributed by atoms with Crippen molar-refractivity contribution in [3.8, 4) is 0 Å². The van der Waals surface area contributed by atoms with E-state index in [9.17, 15) is 9.18 Å². The van der Waals surface area contributed by atoms with Gasteiger partial charge in [0.05, 0.1) is 0 Å². The van der Waals surface area contributed by atoms with Crippen molar-refractivity contribution >= 4 is 24.8 Å². The van der Waals surface area contributed by atoms with E-state index in [-0.39, 0.29) is 11.9 Å². The monoisotopic (exact) mass is 323 g/mol. The van der Waals surface area contributed by atoms with Crippen molar-refractivity contribution in [2.75, 3.05) is 6.54 Å². The molecule has 1 saturated heterocycles. The molecule has 1 aromatic rings. The van der Waals surface area contributed by atoms with Gasteiger partial charge in [-0.15, -0.1) is 0 Å². The summed E-state index contributed by atoms with van der Waals surface area (Å²) in [6.45, 7) is 6.20. The number of thiol groups is 1. The van der Waals surface area contributed by atoms with E-state index in [0.29, 0.717) is 12.3 Å². The number of ether oxygens (including phenoxy) is 1. The van der Waals surface area contributed by atoms with Crippen molar-refractivity contribution in [2.24, 2.45) is 0 Å². The molecule has 0 bridgehead atoms. The van der Waals surface area contributed by atoms with Gasteiger partial charge in [-0.25, -0.2) is 9.18 Å². The maximum absolute atomic E-state index is 13.3. The van der Waals surface area contributed by atoms with E-state index in [4.69, 9.17) is 4.74 Å². The van der Waals surface area contributed by atoms with Crippen LogP contribution in [0.1, 0.15) is 44.7 Å². The van der Waals surface area contributed by atoms with Crippen molar-refractivity contribution in [2.45, 2.75) is 45.0 Å². The molecule has 22 heavy (non-hydrogen) atoms. The Kier molecular flexibility index (Phi) is 5.16. The summed E-state index contributed by atoms with van der Waals surface area (Å²) in [5.74, 6) is 0.171.